The molecule has 3 nitrogen and oxygen atoms in total. The third-order valence-corrected chi connectivity index (χ3v) is 3.96. The van der Waals surface area contributed by atoms with Crippen molar-refractivity contribution < 1.29 is 4.39 Å². The van der Waals surface area contributed by atoms with Gasteiger partial charge in [-0.3, -0.25) is 0 Å². The van der Waals surface area contributed by atoms with Gasteiger partial charge in [0.1, 0.15) is 5.82 Å². The Morgan fingerprint density at radius 2 is 2.10 bits per heavy atom. The third kappa shape index (κ3) is 3.06. The number of aromatic nitrogens is 2. The fourth-order valence-electron chi connectivity index (χ4n) is 2.57. The van der Waals surface area contributed by atoms with Crippen molar-refractivity contribution in [3.05, 3.63) is 23.0 Å². The maximum atomic E-state index is 13.5. The topological polar surface area (TPSA) is 43.8 Å². The molecule has 0 spiro atoms. The summed E-state index contributed by atoms with van der Waals surface area (Å²) in [5.74, 6) is -0.0379. The van der Waals surface area contributed by atoms with Crippen LogP contribution in [0.4, 0.5) is 10.3 Å². The summed E-state index contributed by atoms with van der Waals surface area (Å²) in [7, 11) is 0. The molecule has 0 aliphatic heterocycles. The van der Waals surface area contributed by atoms with Crippen LogP contribution in [-0.4, -0.2) is 9.55 Å². The molecule has 0 saturated heterocycles. The molecule has 5 heteroatoms. The number of hydrogen-bond acceptors (Lipinski definition) is 2. The van der Waals surface area contributed by atoms with E-state index in [1.807, 2.05) is 4.57 Å². The predicted molar refractivity (Wildman–Crippen MR) is 82.6 cm³/mol. The number of benzene rings is 1. The number of imidazole rings is 1. The molecule has 1 unspecified atom stereocenters. The van der Waals surface area contributed by atoms with E-state index >= 15 is 0 Å². The standard InChI is InChI=1S/C15H21ClFN3/c1-3-4-5-6-7-10(2)20-14-8-11(16)12(17)9-13(14)19-15(20)18/h8-10H,3-7H2,1-2H3,(H2,18,19). The molecular formula is C15H21ClFN3. The Morgan fingerprint density at radius 3 is 2.80 bits per heavy atom. The largest absolute Gasteiger partial charge is 0.369 e. The molecular weight excluding hydrogens is 277 g/mol. The Hall–Kier alpha value is -1.29. The number of nitrogens with two attached hydrogens (primary N) is 1. The number of hydrogen-bond donors (Lipinski definition) is 1. The SMILES string of the molecule is CCCCCCC(C)n1c(N)nc2cc(F)c(Cl)cc21. The van der Waals surface area contributed by atoms with Crippen molar-refractivity contribution >= 4 is 28.6 Å². The molecule has 2 N–H and O–H groups in total. The summed E-state index contributed by atoms with van der Waals surface area (Å²) in [6.45, 7) is 4.31. The lowest BCUT2D eigenvalue weighted by molar-refractivity contribution is 0.486. The number of unbranched alkanes of at least 4 members (excludes halogenated alkanes) is 3. The van der Waals surface area contributed by atoms with E-state index in [1.165, 1.54) is 25.3 Å². The quantitative estimate of drug-likeness (QED) is 0.767. The van der Waals surface area contributed by atoms with Crippen molar-refractivity contribution in [2.24, 2.45) is 0 Å². The van der Waals surface area contributed by atoms with E-state index in [9.17, 15) is 4.39 Å². The zero-order valence-corrected chi connectivity index (χ0v) is 12.8. The first kappa shape index (κ1) is 15.1. The van der Waals surface area contributed by atoms with Crippen molar-refractivity contribution in [3.8, 4) is 0 Å². The Bertz CT molecular complexity index is 594. The van der Waals surface area contributed by atoms with E-state index in [2.05, 4.69) is 18.8 Å². The molecule has 0 bridgehead atoms. The molecule has 110 valence electrons. The van der Waals surface area contributed by atoms with Gasteiger partial charge in [0.25, 0.3) is 0 Å². The summed E-state index contributed by atoms with van der Waals surface area (Å²) in [6.07, 6.45) is 5.89. The molecule has 2 rings (SSSR count). The van der Waals surface area contributed by atoms with E-state index in [4.69, 9.17) is 17.3 Å². The fraction of sp³-hybridized carbons (Fsp3) is 0.533. The van der Waals surface area contributed by atoms with Crippen LogP contribution in [0, 0.1) is 5.82 Å². The minimum atomic E-state index is -0.459. The Morgan fingerprint density at radius 1 is 1.35 bits per heavy atom. The molecule has 0 amide bonds. The predicted octanol–water partition coefficient (Wildman–Crippen LogP) is 4.94. The van der Waals surface area contributed by atoms with Crippen LogP contribution in [0.3, 0.4) is 0 Å². The summed E-state index contributed by atoms with van der Waals surface area (Å²) in [5.41, 5.74) is 7.33. The van der Waals surface area contributed by atoms with Crippen molar-refractivity contribution in [1.82, 2.24) is 9.55 Å². The molecule has 0 fully saturated rings. The average Bonchev–Trinajstić information content (AvgIpc) is 2.70. The van der Waals surface area contributed by atoms with Gasteiger partial charge in [0.05, 0.1) is 16.1 Å². The zero-order valence-electron chi connectivity index (χ0n) is 12.0. The molecule has 1 aromatic carbocycles. The smallest absolute Gasteiger partial charge is 0.201 e. The van der Waals surface area contributed by atoms with E-state index < -0.39 is 5.82 Å². The van der Waals surface area contributed by atoms with Gasteiger partial charge in [0.15, 0.2) is 0 Å². The molecule has 2 aromatic rings. The third-order valence-electron chi connectivity index (χ3n) is 3.68. The summed E-state index contributed by atoms with van der Waals surface area (Å²) < 4.78 is 15.4. The highest BCUT2D eigenvalue weighted by Gasteiger charge is 2.15. The maximum absolute atomic E-state index is 13.5. The summed E-state index contributed by atoms with van der Waals surface area (Å²) >= 11 is 5.86. The van der Waals surface area contributed by atoms with E-state index in [1.54, 1.807) is 6.07 Å². The van der Waals surface area contributed by atoms with Crippen LogP contribution in [0.15, 0.2) is 12.1 Å². The van der Waals surface area contributed by atoms with Crippen LogP contribution in [0.5, 0.6) is 0 Å². The second kappa shape index (κ2) is 6.44. The maximum Gasteiger partial charge on any atom is 0.201 e. The first-order chi connectivity index (χ1) is 9.54. The molecule has 0 radical (unpaired) electrons. The zero-order chi connectivity index (χ0) is 14.7. The highest BCUT2D eigenvalue weighted by atomic mass is 35.5. The number of rotatable bonds is 6. The molecule has 0 saturated carbocycles. The summed E-state index contributed by atoms with van der Waals surface area (Å²) in [6, 6.07) is 3.19. The van der Waals surface area contributed by atoms with Crippen LogP contribution in [0.2, 0.25) is 5.02 Å². The molecule has 1 atom stereocenters. The summed E-state index contributed by atoms with van der Waals surface area (Å²) in [4.78, 5) is 4.22. The van der Waals surface area contributed by atoms with Crippen LogP contribution in [0.25, 0.3) is 11.0 Å². The van der Waals surface area contributed by atoms with Crippen LogP contribution in [-0.2, 0) is 0 Å². The Balaban J connectivity index is 2.24. The van der Waals surface area contributed by atoms with Gasteiger partial charge < -0.3 is 10.3 Å². The second-order valence-electron chi connectivity index (χ2n) is 5.29. The summed E-state index contributed by atoms with van der Waals surface area (Å²) in [5, 5.41) is 0.108. The Labute approximate surface area is 123 Å². The minimum Gasteiger partial charge on any atom is -0.369 e. The lowest BCUT2D eigenvalue weighted by Gasteiger charge is -2.16. The van der Waals surface area contributed by atoms with Gasteiger partial charge in [-0.1, -0.05) is 44.2 Å². The normalized spacial score (nSPS) is 13.0. The molecule has 1 heterocycles. The first-order valence-corrected chi connectivity index (χ1v) is 7.54. The average molecular weight is 298 g/mol. The number of nitrogens with zero attached hydrogens (tertiary/aromatic N) is 2. The van der Waals surface area contributed by atoms with Gasteiger partial charge in [0, 0.05) is 12.1 Å². The van der Waals surface area contributed by atoms with Crippen LogP contribution >= 0.6 is 11.6 Å². The van der Waals surface area contributed by atoms with Crippen molar-refractivity contribution in [2.75, 3.05) is 5.73 Å². The van der Waals surface area contributed by atoms with E-state index in [0.717, 1.165) is 18.4 Å². The van der Waals surface area contributed by atoms with Gasteiger partial charge in [0.2, 0.25) is 5.95 Å². The van der Waals surface area contributed by atoms with Gasteiger partial charge in [-0.25, -0.2) is 9.37 Å². The van der Waals surface area contributed by atoms with Gasteiger partial charge in [-0.15, -0.1) is 0 Å². The lowest BCUT2D eigenvalue weighted by Crippen LogP contribution is -2.09. The van der Waals surface area contributed by atoms with Crippen molar-refractivity contribution in [3.63, 3.8) is 0 Å². The highest BCUT2D eigenvalue weighted by Crippen LogP contribution is 2.29. The first-order valence-electron chi connectivity index (χ1n) is 7.17. The minimum absolute atomic E-state index is 0.108. The van der Waals surface area contributed by atoms with Crippen molar-refractivity contribution in [1.29, 1.82) is 0 Å². The highest BCUT2D eigenvalue weighted by molar-refractivity contribution is 6.31. The van der Waals surface area contributed by atoms with Gasteiger partial charge >= 0.3 is 0 Å². The second-order valence-corrected chi connectivity index (χ2v) is 5.70. The monoisotopic (exact) mass is 297 g/mol. The van der Waals surface area contributed by atoms with E-state index in [0.29, 0.717) is 11.5 Å². The van der Waals surface area contributed by atoms with Crippen LogP contribution in [0.1, 0.15) is 52.0 Å². The van der Waals surface area contributed by atoms with E-state index in [-0.39, 0.29) is 11.1 Å². The number of nitrogen functional groups attached to an aromatic ring is 1. The van der Waals surface area contributed by atoms with Crippen LogP contribution < -0.4 is 5.73 Å². The van der Waals surface area contributed by atoms with Gasteiger partial charge in [-0.05, 0) is 19.4 Å². The molecule has 0 aliphatic rings. The number of halogens is 2. The molecule has 20 heavy (non-hydrogen) atoms. The Kier molecular flexibility index (Phi) is 4.86. The van der Waals surface area contributed by atoms with Crippen molar-refractivity contribution in [2.45, 2.75) is 52.0 Å². The van der Waals surface area contributed by atoms with Gasteiger partial charge in [-0.2, -0.15) is 0 Å². The fourth-order valence-corrected chi connectivity index (χ4v) is 2.73. The lowest BCUT2D eigenvalue weighted by atomic mass is 10.1. The number of anilines is 1. The molecule has 1 aromatic heterocycles. The molecule has 0 aliphatic carbocycles. The number of fused-ring (bicyclic) bond motifs is 1.